The first-order chi connectivity index (χ1) is 13.2. The number of benzene rings is 2. The summed E-state index contributed by atoms with van der Waals surface area (Å²) < 4.78 is 4.36. The highest BCUT2D eigenvalue weighted by molar-refractivity contribution is 7.08. The summed E-state index contributed by atoms with van der Waals surface area (Å²) in [5, 5.41) is 9.29. The SMILES string of the molecule is O=C(Nc1cccc(-c2ccc(=O)[nH]n2)c1)c1cc(-c2ccccc2)ns1. The molecular formula is C20H14N4O2S. The lowest BCUT2D eigenvalue weighted by Crippen LogP contribution is -2.10. The van der Waals surface area contributed by atoms with Crippen LogP contribution in [-0.2, 0) is 0 Å². The van der Waals surface area contributed by atoms with E-state index in [1.165, 1.54) is 6.07 Å². The summed E-state index contributed by atoms with van der Waals surface area (Å²) >= 11 is 1.16. The molecule has 0 saturated heterocycles. The highest BCUT2D eigenvalue weighted by Gasteiger charge is 2.12. The molecule has 4 rings (SSSR count). The van der Waals surface area contributed by atoms with Gasteiger partial charge in [-0.1, -0.05) is 42.5 Å². The minimum Gasteiger partial charge on any atom is -0.321 e. The van der Waals surface area contributed by atoms with Crippen LogP contribution in [0.4, 0.5) is 5.69 Å². The van der Waals surface area contributed by atoms with Crippen LogP contribution in [0.25, 0.3) is 22.5 Å². The average molecular weight is 374 g/mol. The van der Waals surface area contributed by atoms with Crippen molar-refractivity contribution in [3.8, 4) is 22.5 Å². The maximum atomic E-state index is 12.5. The smallest absolute Gasteiger partial charge is 0.267 e. The molecule has 0 saturated carbocycles. The number of nitrogens with zero attached hydrogens (tertiary/aromatic N) is 2. The molecule has 0 atom stereocenters. The van der Waals surface area contributed by atoms with E-state index in [4.69, 9.17) is 0 Å². The monoisotopic (exact) mass is 374 g/mol. The molecule has 0 aliphatic heterocycles. The molecule has 7 heteroatoms. The van der Waals surface area contributed by atoms with E-state index in [9.17, 15) is 9.59 Å². The largest absolute Gasteiger partial charge is 0.321 e. The molecule has 2 N–H and O–H groups in total. The maximum Gasteiger partial charge on any atom is 0.267 e. The lowest BCUT2D eigenvalue weighted by Gasteiger charge is -2.06. The topological polar surface area (TPSA) is 87.7 Å². The summed E-state index contributed by atoms with van der Waals surface area (Å²) in [6, 6.07) is 21.8. The molecular weight excluding hydrogens is 360 g/mol. The molecule has 0 fully saturated rings. The molecule has 0 bridgehead atoms. The van der Waals surface area contributed by atoms with E-state index in [1.807, 2.05) is 42.5 Å². The molecule has 2 heterocycles. The predicted molar refractivity (Wildman–Crippen MR) is 106 cm³/mol. The number of aromatic amines is 1. The Labute approximate surface area is 158 Å². The van der Waals surface area contributed by atoms with Gasteiger partial charge in [0.2, 0.25) is 0 Å². The number of amides is 1. The van der Waals surface area contributed by atoms with Gasteiger partial charge < -0.3 is 5.32 Å². The van der Waals surface area contributed by atoms with Crippen LogP contribution in [0, 0.1) is 0 Å². The van der Waals surface area contributed by atoms with E-state index in [2.05, 4.69) is 19.9 Å². The van der Waals surface area contributed by atoms with Crippen LogP contribution in [0.3, 0.4) is 0 Å². The van der Waals surface area contributed by atoms with Gasteiger partial charge in [-0.15, -0.1) is 0 Å². The van der Waals surface area contributed by atoms with Gasteiger partial charge in [-0.25, -0.2) is 5.10 Å². The van der Waals surface area contributed by atoms with E-state index in [1.54, 1.807) is 24.3 Å². The zero-order chi connectivity index (χ0) is 18.6. The van der Waals surface area contributed by atoms with E-state index < -0.39 is 0 Å². The van der Waals surface area contributed by atoms with Crippen molar-refractivity contribution in [3.63, 3.8) is 0 Å². The number of anilines is 1. The molecule has 0 unspecified atom stereocenters. The van der Waals surface area contributed by atoms with E-state index in [0.717, 1.165) is 28.4 Å². The van der Waals surface area contributed by atoms with Gasteiger partial charge in [0.1, 0.15) is 4.88 Å². The third-order valence-electron chi connectivity index (χ3n) is 3.90. The van der Waals surface area contributed by atoms with Crippen molar-refractivity contribution < 1.29 is 4.79 Å². The minimum absolute atomic E-state index is 0.221. The summed E-state index contributed by atoms with van der Waals surface area (Å²) in [6.07, 6.45) is 0. The van der Waals surface area contributed by atoms with Crippen LogP contribution in [0.15, 0.2) is 77.6 Å². The van der Waals surface area contributed by atoms with Crippen LogP contribution in [-0.4, -0.2) is 20.5 Å². The Morgan fingerprint density at radius 3 is 2.48 bits per heavy atom. The van der Waals surface area contributed by atoms with Crippen LogP contribution in [0.5, 0.6) is 0 Å². The van der Waals surface area contributed by atoms with Gasteiger partial charge in [-0.2, -0.15) is 9.47 Å². The Balaban J connectivity index is 1.53. The van der Waals surface area contributed by atoms with Crippen LogP contribution >= 0.6 is 11.5 Å². The first kappa shape index (κ1) is 16.9. The predicted octanol–water partition coefficient (Wildman–Crippen LogP) is 3.81. The Hall–Kier alpha value is -3.58. The van der Waals surface area contributed by atoms with Gasteiger partial charge in [0, 0.05) is 22.9 Å². The molecule has 0 spiro atoms. The molecule has 1 amide bonds. The number of H-pyrrole nitrogens is 1. The molecule has 2 aromatic carbocycles. The summed E-state index contributed by atoms with van der Waals surface area (Å²) in [4.78, 5) is 24.2. The first-order valence-electron chi connectivity index (χ1n) is 8.19. The molecule has 4 aromatic rings. The number of hydrogen-bond donors (Lipinski definition) is 2. The number of aromatic nitrogens is 3. The number of carbonyl (C=O) groups excluding carboxylic acids is 1. The second kappa shape index (κ2) is 7.35. The lowest BCUT2D eigenvalue weighted by atomic mass is 10.1. The quantitative estimate of drug-likeness (QED) is 0.568. The zero-order valence-corrected chi connectivity index (χ0v) is 14.9. The molecule has 132 valence electrons. The average Bonchev–Trinajstić information content (AvgIpc) is 3.20. The number of rotatable bonds is 4. The Kier molecular flexibility index (Phi) is 4.59. The summed E-state index contributed by atoms with van der Waals surface area (Å²) in [5.41, 5.74) is 3.53. The number of hydrogen-bond acceptors (Lipinski definition) is 5. The summed E-state index contributed by atoms with van der Waals surface area (Å²) in [7, 11) is 0. The third-order valence-corrected chi connectivity index (χ3v) is 4.69. The highest BCUT2D eigenvalue weighted by Crippen LogP contribution is 2.24. The molecule has 2 aromatic heterocycles. The summed E-state index contributed by atoms with van der Waals surface area (Å²) in [5.74, 6) is -0.221. The Morgan fingerprint density at radius 1 is 0.889 bits per heavy atom. The molecule has 0 aliphatic rings. The van der Waals surface area contributed by atoms with Crippen LogP contribution in [0.2, 0.25) is 0 Å². The van der Waals surface area contributed by atoms with E-state index in [0.29, 0.717) is 16.3 Å². The zero-order valence-electron chi connectivity index (χ0n) is 14.0. The van der Waals surface area contributed by atoms with Crippen molar-refractivity contribution in [1.29, 1.82) is 0 Å². The van der Waals surface area contributed by atoms with Crippen molar-refractivity contribution in [1.82, 2.24) is 14.6 Å². The van der Waals surface area contributed by atoms with Crippen molar-refractivity contribution in [3.05, 3.63) is 88.0 Å². The van der Waals surface area contributed by atoms with Gasteiger partial charge in [-0.3, -0.25) is 9.59 Å². The van der Waals surface area contributed by atoms with Crippen molar-refractivity contribution in [2.45, 2.75) is 0 Å². The fraction of sp³-hybridized carbons (Fsp3) is 0. The van der Waals surface area contributed by atoms with E-state index >= 15 is 0 Å². The molecule has 0 aliphatic carbocycles. The normalized spacial score (nSPS) is 10.5. The number of carbonyl (C=O) groups is 1. The second-order valence-electron chi connectivity index (χ2n) is 5.78. The maximum absolute atomic E-state index is 12.5. The van der Waals surface area contributed by atoms with Crippen LogP contribution in [0.1, 0.15) is 9.67 Å². The van der Waals surface area contributed by atoms with Gasteiger partial charge in [0.05, 0.1) is 11.4 Å². The van der Waals surface area contributed by atoms with Gasteiger partial charge in [-0.05, 0) is 35.8 Å². The second-order valence-corrected chi connectivity index (χ2v) is 6.59. The number of nitrogens with one attached hydrogen (secondary N) is 2. The van der Waals surface area contributed by atoms with Gasteiger partial charge in [0.15, 0.2) is 0 Å². The van der Waals surface area contributed by atoms with Crippen molar-refractivity contribution >= 4 is 23.1 Å². The van der Waals surface area contributed by atoms with Crippen molar-refractivity contribution in [2.24, 2.45) is 0 Å². The molecule has 6 nitrogen and oxygen atoms in total. The first-order valence-corrected chi connectivity index (χ1v) is 8.96. The fourth-order valence-electron chi connectivity index (χ4n) is 2.58. The molecule has 27 heavy (non-hydrogen) atoms. The summed E-state index contributed by atoms with van der Waals surface area (Å²) in [6.45, 7) is 0. The fourth-order valence-corrected chi connectivity index (χ4v) is 3.23. The Bertz CT molecular complexity index is 1130. The lowest BCUT2D eigenvalue weighted by molar-refractivity contribution is 0.103. The minimum atomic E-state index is -0.261. The Morgan fingerprint density at radius 2 is 1.70 bits per heavy atom. The van der Waals surface area contributed by atoms with Gasteiger partial charge in [0.25, 0.3) is 11.5 Å². The third kappa shape index (κ3) is 3.83. The highest BCUT2D eigenvalue weighted by atomic mass is 32.1. The van der Waals surface area contributed by atoms with Gasteiger partial charge >= 0.3 is 0 Å². The standard InChI is InChI=1S/C20H14N4O2S/c25-19-10-9-16(22-23-19)14-7-4-8-15(11-14)21-20(26)18-12-17(24-27-18)13-5-2-1-3-6-13/h1-12H,(H,21,26)(H,23,25). The van der Waals surface area contributed by atoms with Crippen molar-refractivity contribution in [2.75, 3.05) is 5.32 Å². The van der Waals surface area contributed by atoms with Crippen LogP contribution < -0.4 is 10.9 Å². The molecule has 0 radical (unpaired) electrons. The van der Waals surface area contributed by atoms with E-state index in [-0.39, 0.29) is 11.5 Å².